The Bertz CT molecular complexity index is 504. The molecule has 78 valence electrons. The summed E-state index contributed by atoms with van der Waals surface area (Å²) >= 11 is 1.61. The molecular weight excluding hydrogens is 210 g/mol. The Hall–Kier alpha value is -1.55. The third-order valence-corrected chi connectivity index (χ3v) is 3.24. The van der Waals surface area contributed by atoms with E-state index in [0.29, 0.717) is 0 Å². The lowest BCUT2D eigenvalue weighted by Gasteiger charge is -2.00. The van der Waals surface area contributed by atoms with E-state index in [1.54, 1.807) is 18.4 Å². The molecule has 0 fully saturated rings. The number of methoxy groups -OCH3 is 1. The maximum Gasteiger partial charge on any atom is 0.221 e. The fourth-order valence-electron chi connectivity index (χ4n) is 1.51. The van der Waals surface area contributed by atoms with Crippen LogP contribution in [0, 0.1) is 0 Å². The Balaban J connectivity index is 2.51. The monoisotopic (exact) mass is 221 g/mol. The van der Waals surface area contributed by atoms with Crippen LogP contribution in [0.15, 0.2) is 23.6 Å². The Morgan fingerprint density at radius 3 is 3.00 bits per heavy atom. The second-order valence-electron chi connectivity index (χ2n) is 3.27. The van der Waals surface area contributed by atoms with E-state index in [1.165, 1.54) is 0 Å². The third kappa shape index (κ3) is 1.94. The molecule has 0 bridgehead atoms. The van der Waals surface area contributed by atoms with Crippen molar-refractivity contribution in [3.63, 3.8) is 0 Å². The summed E-state index contributed by atoms with van der Waals surface area (Å²) in [5.41, 5.74) is 6.15. The molecule has 15 heavy (non-hydrogen) atoms. The summed E-state index contributed by atoms with van der Waals surface area (Å²) in [6.07, 6.45) is 0.285. The van der Waals surface area contributed by atoms with E-state index in [9.17, 15) is 4.79 Å². The minimum atomic E-state index is -0.308. The number of hydrogen-bond donors (Lipinski definition) is 1. The number of fused-ring (bicyclic) bond motifs is 1. The second kappa shape index (κ2) is 3.90. The summed E-state index contributed by atoms with van der Waals surface area (Å²) in [4.78, 5) is 10.9. The van der Waals surface area contributed by atoms with Gasteiger partial charge in [-0.15, -0.1) is 11.3 Å². The number of primary amides is 1. The highest BCUT2D eigenvalue weighted by Crippen LogP contribution is 2.29. The van der Waals surface area contributed by atoms with Gasteiger partial charge in [-0.05, 0) is 34.5 Å². The number of ether oxygens (including phenoxy) is 1. The first kappa shape index (κ1) is 9.98. The van der Waals surface area contributed by atoms with Gasteiger partial charge in [0.1, 0.15) is 5.75 Å². The van der Waals surface area contributed by atoms with Crippen LogP contribution in [0.4, 0.5) is 0 Å². The molecule has 1 amide bonds. The van der Waals surface area contributed by atoms with Crippen molar-refractivity contribution in [3.8, 4) is 5.75 Å². The summed E-state index contributed by atoms with van der Waals surface area (Å²) in [7, 11) is 1.63. The number of nitrogens with two attached hydrogens (primary N) is 1. The van der Waals surface area contributed by atoms with Crippen molar-refractivity contribution in [3.05, 3.63) is 29.1 Å². The predicted octanol–water partition coefficient (Wildman–Crippen LogP) is 1.94. The fraction of sp³-hybridized carbons (Fsp3) is 0.182. The predicted molar refractivity (Wildman–Crippen MR) is 61.3 cm³/mol. The van der Waals surface area contributed by atoms with Gasteiger partial charge in [-0.2, -0.15) is 0 Å². The molecule has 0 aliphatic heterocycles. The number of hydrogen-bond acceptors (Lipinski definition) is 3. The number of rotatable bonds is 3. The first-order valence-corrected chi connectivity index (χ1v) is 5.41. The lowest BCUT2D eigenvalue weighted by atomic mass is 10.1. The Labute approximate surface area is 91.5 Å². The average Bonchev–Trinajstić information content (AvgIpc) is 2.60. The molecular formula is C11H11NO2S. The van der Waals surface area contributed by atoms with Gasteiger partial charge in [0, 0.05) is 4.70 Å². The van der Waals surface area contributed by atoms with Crippen molar-refractivity contribution in [2.75, 3.05) is 7.11 Å². The summed E-state index contributed by atoms with van der Waals surface area (Å²) in [5.74, 6) is 0.490. The lowest BCUT2D eigenvalue weighted by molar-refractivity contribution is -0.117. The highest BCUT2D eigenvalue weighted by atomic mass is 32.1. The van der Waals surface area contributed by atoms with Crippen LogP contribution in [0.5, 0.6) is 5.75 Å². The van der Waals surface area contributed by atoms with Crippen LogP contribution >= 0.6 is 11.3 Å². The van der Waals surface area contributed by atoms with E-state index in [-0.39, 0.29) is 12.3 Å². The molecule has 1 heterocycles. The molecule has 2 rings (SSSR count). The molecule has 0 spiro atoms. The number of thiophene rings is 1. The first-order chi connectivity index (χ1) is 7.20. The Morgan fingerprint density at radius 1 is 1.53 bits per heavy atom. The summed E-state index contributed by atoms with van der Waals surface area (Å²) in [5, 5.41) is 3.02. The normalized spacial score (nSPS) is 10.5. The number of amides is 1. The number of benzene rings is 1. The van der Waals surface area contributed by atoms with Crippen LogP contribution in [0.25, 0.3) is 10.1 Å². The van der Waals surface area contributed by atoms with Crippen molar-refractivity contribution in [1.82, 2.24) is 0 Å². The zero-order valence-electron chi connectivity index (χ0n) is 8.32. The molecule has 0 radical (unpaired) electrons. The molecule has 3 nitrogen and oxygen atoms in total. The Kier molecular flexibility index (Phi) is 2.60. The van der Waals surface area contributed by atoms with Crippen molar-refractivity contribution in [1.29, 1.82) is 0 Å². The molecule has 1 aromatic heterocycles. The Morgan fingerprint density at radius 2 is 2.33 bits per heavy atom. The largest absolute Gasteiger partial charge is 0.497 e. The molecule has 4 heteroatoms. The fourth-order valence-corrected chi connectivity index (χ4v) is 2.46. The van der Waals surface area contributed by atoms with Crippen LogP contribution < -0.4 is 10.5 Å². The van der Waals surface area contributed by atoms with Gasteiger partial charge in [-0.1, -0.05) is 0 Å². The molecule has 2 N–H and O–H groups in total. The molecule has 0 aliphatic rings. The van der Waals surface area contributed by atoms with Gasteiger partial charge >= 0.3 is 0 Å². The quantitative estimate of drug-likeness (QED) is 0.861. The average molecular weight is 221 g/mol. The van der Waals surface area contributed by atoms with Gasteiger partial charge in [-0.25, -0.2) is 0 Å². The number of carbonyl (C=O) groups is 1. The third-order valence-electron chi connectivity index (χ3n) is 2.23. The van der Waals surface area contributed by atoms with E-state index in [2.05, 4.69) is 0 Å². The van der Waals surface area contributed by atoms with Gasteiger partial charge in [0.15, 0.2) is 0 Å². The van der Waals surface area contributed by atoms with E-state index in [1.807, 2.05) is 23.6 Å². The molecule has 0 atom stereocenters. The maximum absolute atomic E-state index is 10.9. The van der Waals surface area contributed by atoms with Crippen LogP contribution in [-0.4, -0.2) is 13.0 Å². The van der Waals surface area contributed by atoms with E-state index >= 15 is 0 Å². The van der Waals surface area contributed by atoms with Gasteiger partial charge in [0.2, 0.25) is 5.91 Å². The summed E-state index contributed by atoms with van der Waals surface area (Å²) in [6, 6.07) is 5.83. The zero-order valence-corrected chi connectivity index (χ0v) is 9.14. The minimum Gasteiger partial charge on any atom is -0.497 e. The standard InChI is InChI=1S/C11H11NO2S/c1-14-8-2-3-10-9(5-8)7(6-15-10)4-11(12)13/h2-3,5-6H,4H2,1H3,(H2,12,13). The molecule has 0 saturated carbocycles. The van der Waals surface area contributed by atoms with Crippen LogP contribution in [-0.2, 0) is 11.2 Å². The summed E-state index contributed by atoms with van der Waals surface area (Å²) in [6.45, 7) is 0. The van der Waals surface area contributed by atoms with Crippen molar-refractivity contribution in [2.24, 2.45) is 5.73 Å². The highest BCUT2D eigenvalue weighted by molar-refractivity contribution is 7.17. The zero-order chi connectivity index (χ0) is 10.8. The van der Waals surface area contributed by atoms with Gasteiger partial charge in [0.25, 0.3) is 0 Å². The van der Waals surface area contributed by atoms with Crippen LogP contribution in [0.2, 0.25) is 0 Å². The molecule has 0 saturated heterocycles. The first-order valence-electron chi connectivity index (χ1n) is 4.53. The minimum absolute atomic E-state index is 0.285. The van der Waals surface area contributed by atoms with Gasteiger partial charge in [-0.3, -0.25) is 4.79 Å². The van der Waals surface area contributed by atoms with E-state index in [0.717, 1.165) is 21.4 Å². The molecule has 1 aromatic carbocycles. The maximum atomic E-state index is 10.9. The van der Waals surface area contributed by atoms with Crippen LogP contribution in [0.1, 0.15) is 5.56 Å². The topological polar surface area (TPSA) is 52.3 Å². The molecule has 0 unspecified atom stereocenters. The summed E-state index contributed by atoms with van der Waals surface area (Å²) < 4.78 is 6.29. The number of carbonyl (C=O) groups excluding carboxylic acids is 1. The second-order valence-corrected chi connectivity index (χ2v) is 4.18. The van der Waals surface area contributed by atoms with E-state index < -0.39 is 0 Å². The SMILES string of the molecule is COc1ccc2scc(CC(N)=O)c2c1. The van der Waals surface area contributed by atoms with Crippen molar-refractivity contribution < 1.29 is 9.53 Å². The van der Waals surface area contributed by atoms with Crippen LogP contribution in [0.3, 0.4) is 0 Å². The van der Waals surface area contributed by atoms with Gasteiger partial charge in [0.05, 0.1) is 13.5 Å². The lowest BCUT2D eigenvalue weighted by Crippen LogP contribution is -2.13. The van der Waals surface area contributed by atoms with Gasteiger partial charge < -0.3 is 10.5 Å². The van der Waals surface area contributed by atoms with Crippen molar-refractivity contribution >= 4 is 27.3 Å². The highest BCUT2D eigenvalue weighted by Gasteiger charge is 2.07. The smallest absolute Gasteiger partial charge is 0.221 e. The molecule has 0 aliphatic carbocycles. The van der Waals surface area contributed by atoms with E-state index in [4.69, 9.17) is 10.5 Å². The van der Waals surface area contributed by atoms with Crippen molar-refractivity contribution in [2.45, 2.75) is 6.42 Å². The molecule has 2 aromatic rings.